The van der Waals surface area contributed by atoms with Crippen LogP contribution in [0.4, 0.5) is 4.39 Å². The smallest absolute Gasteiger partial charge is 0.191 e. The van der Waals surface area contributed by atoms with Crippen LogP contribution in [-0.2, 0) is 0 Å². The molecule has 0 aliphatic rings. The summed E-state index contributed by atoms with van der Waals surface area (Å²) in [6, 6.07) is 6.82. The van der Waals surface area contributed by atoms with Gasteiger partial charge in [0.15, 0.2) is 5.96 Å². The van der Waals surface area contributed by atoms with Crippen LogP contribution in [-0.4, -0.2) is 45.1 Å². The summed E-state index contributed by atoms with van der Waals surface area (Å²) in [6.45, 7) is 6.02. The largest absolute Gasteiger partial charge is 0.356 e. The predicted octanol–water partition coefficient (Wildman–Crippen LogP) is 3.26. The topological polar surface area (TPSA) is 39.7 Å². The van der Waals surface area contributed by atoms with Gasteiger partial charge < -0.3 is 15.5 Å². The molecular formula is C17H30FIN4. The monoisotopic (exact) mass is 436 g/mol. The van der Waals surface area contributed by atoms with Gasteiger partial charge in [0.2, 0.25) is 0 Å². The number of benzene rings is 1. The normalized spacial score (nSPS) is 13.0. The highest BCUT2D eigenvalue weighted by Crippen LogP contribution is 2.17. The minimum atomic E-state index is -0.208. The number of likely N-dealkylation sites (N-methyl/N-ethyl adjacent to an activating group) is 1. The van der Waals surface area contributed by atoms with E-state index < -0.39 is 0 Å². The van der Waals surface area contributed by atoms with Crippen LogP contribution < -0.4 is 10.6 Å². The number of rotatable bonds is 7. The third-order valence-electron chi connectivity index (χ3n) is 3.58. The quantitative estimate of drug-likeness (QED) is 0.392. The Bertz CT molecular complexity index is 460. The molecule has 0 spiro atoms. The van der Waals surface area contributed by atoms with Gasteiger partial charge in [-0.25, -0.2) is 4.39 Å². The average Bonchev–Trinajstić information content (AvgIpc) is 2.46. The number of halogens is 2. The van der Waals surface area contributed by atoms with E-state index in [0.29, 0.717) is 12.5 Å². The first-order valence-electron chi connectivity index (χ1n) is 7.80. The van der Waals surface area contributed by atoms with Crippen molar-refractivity contribution in [3.05, 3.63) is 35.6 Å². The second-order valence-electron chi connectivity index (χ2n) is 6.09. The molecule has 0 bridgehead atoms. The Morgan fingerprint density at radius 2 is 1.78 bits per heavy atom. The maximum Gasteiger partial charge on any atom is 0.191 e. The number of aliphatic imine (C=N–C) groups is 1. The summed E-state index contributed by atoms with van der Waals surface area (Å²) in [5.41, 5.74) is 1.08. The van der Waals surface area contributed by atoms with Gasteiger partial charge in [-0.2, -0.15) is 0 Å². The lowest BCUT2D eigenvalue weighted by Gasteiger charge is -2.26. The van der Waals surface area contributed by atoms with Crippen molar-refractivity contribution in [1.29, 1.82) is 0 Å². The molecule has 1 aromatic rings. The van der Waals surface area contributed by atoms with Crippen LogP contribution in [0.5, 0.6) is 0 Å². The molecule has 23 heavy (non-hydrogen) atoms. The Kier molecular flexibility index (Phi) is 11.2. The lowest BCUT2D eigenvalue weighted by atomic mass is 10.1. The van der Waals surface area contributed by atoms with Gasteiger partial charge in [0.05, 0.1) is 6.04 Å². The second-order valence-corrected chi connectivity index (χ2v) is 6.09. The van der Waals surface area contributed by atoms with E-state index in [1.54, 1.807) is 7.05 Å². The van der Waals surface area contributed by atoms with E-state index >= 15 is 0 Å². The van der Waals surface area contributed by atoms with Gasteiger partial charge in [-0.05, 0) is 44.1 Å². The standard InChI is InChI=1S/C17H29FN4.HI/c1-13(2)10-11-20-17(19-3)21-12-16(22(4)5)14-6-8-15(18)9-7-14;/h6-9,13,16H,10-12H2,1-5H3,(H2,19,20,21);1H. The van der Waals surface area contributed by atoms with Crippen molar-refractivity contribution in [3.8, 4) is 0 Å². The second kappa shape index (κ2) is 11.6. The first-order valence-corrected chi connectivity index (χ1v) is 7.80. The zero-order chi connectivity index (χ0) is 16.5. The summed E-state index contributed by atoms with van der Waals surface area (Å²) < 4.78 is 13.1. The Labute approximate surface area is 157 Å². The molecule has 0 saturated carbocycles. The minimum absolute atomic E-state index is 0. The molecule has 0 radical (unpaired) electrons. The number of nitrogens with zero attached hydrogens (tertiary/aromatic N) is 2. The maximum absolute atomic E-state index is 13.1. The minimum Gasteiger partial charge on any atom is -0.356 e. The molecule has 0 fully saturated rings. The van der Waals surface area contributed by atoms with Gasteiger partial charge in [-0.15, -0.1) is 24.0 Å². The van der Waals surface area contributed by atoms with E-state index in [9.17, 15) is 4.39 Å². The van der Waals surface area contributed by atoms with Crippen LogP contribution in [0.15, 0.2) is 29.3 Å². The summed E-state index contributed by atoms with van der Waals surface area (Å²) >= 11 is 0. The fourth-order valence-corrected chi connectivity index (χ4v) is 2.18. The summed E-state index contributed by atoms with van der Waals surface area (Å²) in [5, 5.41) is 6.66. The zero-order valence-electron chi connectivity index (χ0n) is 14.8. The summed E-state index contributed by atoms with van der Waals surface area (Å²) in [4.78, 5) is 6.35. The summed E-state index contributed by atoms with van der Waals surface area (Å²) in [6.07, 6.45) is 1.11. The summed E-state index contributed by atoms with van der Waals surface area (Å²) in [7, 11) is 5.81. The Balaban J connectivity index is 0.00000484. The van der Waals surface area contributed by atoms with Crippen LogP contribution in [0.1, 0.15) is 31.9 Å². The Morgan fingerprint density at radius 1 is 1.17 bits per heavy atom. The van der Waals surface area contributed by atoms with Crippen molar-refractivity contribution in [1.82, 2.24) is 15.5 Å². The number of hydrogen-bond donors (Lipinski definition) is 2. The number of hydrogen-bond acceptors (Lipinski definition) is 2. The highest BCUT2D eigenvalue weighted by molar-refractivity contribution is 14.0. The van der Waals surface area contributed by atoms with Crippen molar-refractivity contribution in [2.24, 2.45) is 10.9 Å². The van der Waals surface area contributed by atoms with Crippen molar-refractivity contribution < 1.29 is 4.39 Å². The van der Waals surface area contributed by atoms with Gasteiger partial charge in [0.25, 0.3) is 0 Å². The van der Waals surface area contributed by atoms with Crippen LogP contribution in [0.3, 0.4) is 0 Å². The van der Waals surface area contributed by atoms with Crippen molar-refractivity contribution in [2.75, 3.05) is 34.2 Å². The molecule has 6 heteroatoms. The van der Waals surface area contributed by atoms with Gasteiger partial charge >= 0.3 is 0 Å². The SMILES string of the molecule is CN=C(NCCC(C)C)NCC(c1ccc(F)cc1)N(C)C.I. The first-order chi connectivity index (χ1) is 10.4. The average molecular weight is 436 g/mol. The molecule has 2 N–H and O–H groups in total. The van der Waals surface area contributed by atoms with Gasteiger partial charge in [-0.3, -0.25) is 4.99 Å². The molecule has 1 aromatic carbocycles. The molecule has 1 unspecified atom stereocenters. The fourth-order valence-electron chi connectivity index (χ4n) is 2.18. The van der Waals surface area contributed by atoms with Gasteiger partial charge in [0, 0.05) is 20.1 Å². The Morgan fingerprint density at radius 3 is 2.26 bits per heavy atom. The fraction of sp³-hybridized carbons (Fsp3) is 0.588. The van der Waals surface area contributed by atoms with Crippen LogP contribution in [0.25, 0.3) is 0 Å². The van der Waals surface area contributed by atoms with E-state index in [4.69, 9.17) is 0 Å². The third-order valence-corrected chi connectivity index (χ3v) is 3.58. The molecule has 4 nitrogen and oxygen atoms in total. The number of guanidine groups is 1. The van der Waals surface area contributed by atoms with Crippen LogP contribution in [0, 0.1) is 11.7 Å². The van der Waals surface area contributed by atoms with Crippen LogP contribution >= 0.6 is 24.0 Å². The molecular weight excluding hydrogens is 406 g/mol. The predicted molar refractivity (Wildman–Crippen MR) is 107 cm³/mol. The number of nitrogens with one attached hydrogen (secondary N) is 2. The van der Waals surface area contributed by atoms with Crippen LogP contribution in [0.2, 0.25) is 0 Å². The lowest BCUT2D eigenvalue weighted by Crippen LogP contribution is -2.42. The van der Waals surface area contributed by atoms with Crippen molar-refractivity contribution in [3.63, 3.8) is 0 Å². The molecule has 0 aromatic heterocycles. The molecule has 0 saturated heterocycles. The lowest BCUT2D eigenvalue weighted by molar-refractivity contribution is 0.298. The van der Waals surface area contributed by atoms with E-state index in [1.165, 1.54) is 12.1 Å². The highest BCUT2D eigenvalue weighted by atomic mass is 127. The van der Waals surface area contributed by atoms with Gasteiger partial charge in [-0.1, -0.05) is 26.0 Å². The van der Waals surface area contributed by atoms with E-state index in [2.05, 4.69) is 34.4 Å². The molecule has 0 amide bonds. The van der Waals surface area contributed by atoms with E-state index in [-0.39, 0.29) is 35.8 Å². The highest BCUT2D eigenvalue weighted by Gasteiger charge is 2.14. The van der Waals surface area contributed by atoms with Crippen molar-refractivity contribution >= 4 is 29.9 Å². The molecule has 132 valence electrons. The third kappa shape index (κ3) is 8.50. The van der Waals surface area contributed by atoms with Crippen molar-refractivity contribution in [2.45, 2.75) is 26.3 Å². The molecule has 0 heterocycles. The molecule has 1 atom stereocenters. The molecule has 0 aliphatic carbocycles. The Hall–Kier alpha value is -0.890. The summed E-state index contributed by atoms with van der Waals surface area (Å²) in [5.74, 6) is 1.26. The molecule has 0 aliphatic heterocycles. The van der Waals surface area contributed by atoms with E-state index in [1.807, 2.05) is 26.2 Å². The zero-order valence-corrected chi connectivity index (χ0v) is 17.1. The van der Waals surface area contributed by atoms with E-state index in [0.717, 1.165) is 24.5 Å². The van der Waals surface area contributed by atoms with Gasteiger partial charge in [0.1, 0.15) is 5.82 Å². The maximum atomic E-state index is 13.1. The molecule has 1 rings (SSSR count). The first kappa shape index (κ1) is 22.1.